The lowest BCUT2D eigenvalue weighted by Crippen LogP contribution is -1.92. The molecule has 64 valence electrons. The second-order valence-electron chi connectivity index (χ2n) is 3.17. The molecule has 0 aliphatic carbocycles. The third kappa shape index (κ3) is 3.28. The summed E-state index contributed by atoms with van der Waals surface area (Å²) in [4.78, 5) is 8.27. The highest BCUT2D eigenvalue weighted by Gasteiger charge is 1.88. The second-order valence-corrected chi connectivity index (χ2v) is 3.17. The number of pyridine rings is 1. The average Bonchev–Trinajstić information content (AvgIpc) is 2.05. The highest BCUT2D eigenvalue weighted by Crippen LogP contribution is 1.94. The maximum Gasteiger partial charge on any atom is 0.0412 e. The lowest BCUT2D eigenvalue weighted by Gasteiger charge is -1.96. The summed E-state index contributed by atoms with van der Waals surface area (Å²) in [5, 5.41) is 0. The van der Waals surface area contributed by atoms with Crippen molar-refractivity contribution >= 4 is 6.21 Å². The van der Waals surface area contributed by atoms with E-state index >= 15 is 0 Å². The van der Waals surface area contributed by atoms with Crippen LogP contribution in [0.25, 0.3) is 0 Å². The van der Waals surface area contributed by atoms with Crippen LogP contribution in [0, 0.1) is 5.92 Å². The van der Waals surface area contributed by atoms with Crippen molar-refractivity contribution in [2.75, 3.05) is 6.54 Å². The molecule has 0 fully saturated rings. The molecule has 0 atom stereocenters. The zero-order valence-corrected chi connectivity index (χ0v) is 7.57. The molecule has 0 aliphatic heterocycles. The van der Waals surface area contributed by atoms with Gasteiger partial charge in [0.1, 0.15) is 0 Å². The minimum absolute atomic E-state index is 0.623. The van der Waals surface area contributed by atoms with E-state index in [0.717, 1.165) is 12.1 Å². The molecular formula is C10H14N2. The summed E-state index contributed by atoms with van der Waals surface area (Å²) in [7, 11) is 0. The predicted octanol–water partition coefficient (Wildman–Crippen LogP) is 2.16. The van der Waals surface area contributed by atoms with Crippen molar-refractivity contribution in [3.63, 3.8) is 0 Å². The summed E-state index contributed by atoms with van der Waals surface area (Å²) in [6.45, 7) is 5.19. The Morgan fingerprint density at radius 3 is 3.00 bits per heavy atom. The average molecular weight is 162 g/mol. The molecule has 1 aromatic rings. The van der Waals surface area contributed by atoms with Crippen molar-refractivity contribution in [1.82, 2.24) is 4.98 Å². The van der Waals surface area contributed by atoms with Crippen LogP contribution in [0.2, 0.25) is 0 Å². The molecule has 1 aromatic heterocycles. The highest BCUT2D eigenvalue weighted by molar-refractivity contribution is 5.78. The van der Waals surface area contributed by atoms with E-state index in [-0.39, 0.29) is 0 Å². The molecule has 0 saturated heterocycles. The van der Waals surface area contributed by atoms with Gasteiger partial charge in [-0.25, -0.2) is 0 Å². The first-order valence-electron chi connectivity index (χ1n) is 4.19. The van der Waals surface area contributed by atoms with Gasteiger partial charge in [0.15, 0.2) is 0 Å². The first-order chi connectivity index (χ1) is 5.79. The zero-order valence-electron chi connectivity index (χ0n) is 7.57. The largest absolute Gasteiger partial charge is 0.292 e. The first kappa shape index (κ1) is 8.91. The van der Waals surface area contributed by atoms with Crippen molar-refractivity contribution in [2.45, 2.75) is 13.8 Å². The zero-order chi connectivity index (χ0) is 8.81. The quantitative estimate of drug-likeness (QED) is 0.625. The molecule has 12 heavy (non-hydrogen) atoms. The maximum absolute atomic E-state index is 4.28. The molecule has 0 aliphatic rings. The number of nitrogens with zero attached hydrogens (tertiary/aromatic N) is 2. The van der Waals surface area contributed by atoms with Crippen molar-refractivity contribution in [3.8, 4) is 0 Å². The van der Waals surface area contributed by atoms with Gasteiger partial charge in [0.05, 0.1) is 0 Å². The van der Waals surface area contributed by atoms with E-state index in [2.05, 4.69) is 23.8 Å². The molecule has 1 heterocycles. The molecule has 0 saturated carbocycles. The van der Waals surface area contributed by atoms with E-state index in [1.54, 1.807) is 6.20 Å². The van der Waals surface area contributed by atoms with E-state index in [1.165, 1.54) is 0 Å². The van der Waals surface area contributed by atoms with Gasteiger partial charge in [0.25, 0.3) is 0 Å². The van der Waals surface area contributed by atoms with E-state index < -0.39 is 0 Å². The van der Waals surface area contributed by atoms with Crippen LogP contribution >= 0.6 is 0 Å². The third-order valence-corrected chi connectivity index (χ3v) is 1.40. The molecule has 0 spiro atoms. The first-order valence-corrected chi connectivity index (χ1v) is 4.19. The van der Waals surface area contributed by atoms with Gasteiger partial charge in [-0.05, 0) is 12.0 Å². The Bertz CT molecular complexity index is 239. The van der Waals surface area contributed by atoms with Crippen LogP contribution in [-0.4, -0.2) is 17.7 Å². The normalized spacial score (nSPS) is 11.2. The Kier molecular flexibility index (Phi) is 3.45. The van der Waals surface area contributed by atoms with E-state index in [0.29, 0.717) is 5.92 Å². The highest BCUT2D eigenvalue weighted by atomic mass is 14.7. The number of hydrogen-bond acceptors (Lipinski definition) is 2. The Morgan fingerprint density at radius 1 is 1.58 bits per heavy atom. The second kappa shape index (κ2) is 4.65. The van der Waals surface area contributed by atoms with Gasteiger partial charge in [0.2, 0.25) is 0 Å². The number of aromatic nitrogens is 1. The molecule has 0 radical (unpaired) electrons. The Balaban J connectivity index is 2.47. The van der Waals surface area contributed by atoms with Crippen molar-refractivity contribution in [2.24, 2.45) is 10.9 Å². The van der Waals surface area contributed by atoms with Crippen LogP contribution in [0.5, 0.6) is 0 Å². The molecule has 1 rings (SSSR count). The Hall–Kier alpha value is -1.18. The predicted molar refractivity (Wildman–Crippen MR) is 51.5 cm³/mol. The monoisotopic (exact) mass is 162 g/mol. The summed E-state index contributed by atoms with van der Waals surface area (Å²) in [6.07, 6.45) is 5.44. The SMILES string of the molecule is CC(C)CN=Cc1cccnc1. The molecule has 2 nitrogen and oxygen atoms in total. The summed E-state index contributed by atoms with van der Waals surface area (Å²) in [5.41, 5.74) is 1.07. The van der Waals surface area contributed by atoms with Crippen LogP contribution < -0.4 is 0 Å². The van der Waals surface area contributed by atoms with Gasteiger partial charge < -0.3 is 0 Å². The van der Waals surface area contributed by atoms with Gasteiger partial charge in [-0.2, -0.15) is 0 Å². The molecule has 0 unspecified atom stereocenters. The number of rotatable bonds is 3. The standard InChI is InChI=1S/C10H14N2/c1-9(2)6-12-8-10-4-3-5-11-7-10/h3-5,7-9H,6H2,1-2H3. The van der Waals surface area contributed by atoms with Gasteiger partial charge in [0, 0.05) is 30.7 Å². The van der Waals surface area contributed by atoms with Gasteiger partial charge >= 0.3 is 0 Å². The van der Waals surface area contributed by atoms with E-state index in [9.17, 15) is 0 Å². The molecule has 0 aromatic carbocycles. The summed E-state index contributed by atoms with van der Waals surface area (Å²) in [5.74, 6) is 0.623. The molecular weight excluding hydrogens is 148 g/mol. The molecule has 0 amide bonds. The van der Waals surface area contributed by atoms with Crippen molar-refractivity contribution in [3.05, 3.63) is 30.1 Å². The minimum Gasteiger partial charge on any atom is -0.292 e. The van der Waals surface area contributed by atoms with Crippen LogP contribution in [0.1, 0.15) is 19.4 Å². The third-order valence-electron chi connectivity index (χ3n) is 1.40. The smallest absolute Gasteiger partial charge is 0.0412 e. The van der Waals surface area contributed by atoms with Gasteiger partial charge in [-0.15, -0.1) is 0 Å². The Morgan fingerprint density at radius 2 is 2.42 bits per heavy atom. The van der Waals surface area contributed by atoms with Crippen LogP contribution in [0.15, 0.2) is 29.5 Å². The Labute approximate surface area is 73.4 Å². The molecule has 0 N–H and O–H groups in total. The fourth-order valence-electron chi connectivity index (χ4n) is 0.821. The minimum atomic E-state index is 0.623. The van der Waals surface area contributed by atoms with Crippen molar-refractivity contribution in [1.29, 1.82) is 0 Å². The van der Waals surface area contributed by atoms with E-state index in [1.807, 2.05) is 24.5 Å². The molecule has 0 bridgehead atoms. The summed E-state index contributed by atoms with van der Waals surface area (Å²) < 4.78 is 0. The lowest BCUT2D eigenvalue weighted by molar-refractivity contribution is 0.667. The summed E-state index contributed by atoms with van der Waals surface area (Å²) in [6, 6.07) is 3.91. The summed E-state index contributed by atoms with van der Waals surface area (Å²) >= 11 is 0. The van der Waals surface area contributed by atoms with Gasteiger partial charge in [-0.1, -0.05) is 19.9 Å². The van der Waals surface area contributed by atoms with Crippen LogP contribution in [-0.2, 0) is 0 Å². The maximum atomic E-state index is 4.28. The fourth-order valence-corrected chi connectivity index (χ4v) is 0.821. The van der Waals surface area contributed by atoms with Gasteiger partial charge in [-0.3, -0.25) is 9.98 Å². The number of aliphatic imine (C=N–C) groups is 1. The van der Waals surface area contributed by atoms with Crippen LogP contribution in [0.3, 0.4) is 0 Å². The fraction of sp³-hybridized carbons (Fsp3) is 0.400. The number of hydrogen-bond donors (Lipinski definition) is 0. The van der Waals surface area contributed by atoms with Crippen molar-refractivity contribution < 1.29 is 0 Å². The molecule has 2 heteroatoms. The lowest BCUT2D eigenvalue weighted by atomic mass is 10.2. The van der Waals surface area contributed by atoms with Crippen LogP contribution in [0.4, 0.5) is 0 Å². The van der Waals surface area contributed by atoms with E-state index in [4.69, 9.17) is 0 Å². The topological polar surface area (TPSA) is 25.2 Å².